The smallest absolute Gasteiger partial charge is 0.0599 e. The number of aliphatic hydroxyl groups excluding tert-OH is 1. The van der Waals surface area contributed by atoms with Gasteiger partial charge in [0, 0.05) is 36.7 Å². The molecule has 0 amide bonds. The van der Waals surface area contributed by atoms with E-state index < -0.39 is 0 Å². The summed E-state index contributed by atoms with van der Waals surface area (Å²) in [5.41, 5.74) is 1.21. The topological polar surface area (TPSA) is 35.5 Å². The zero-order valence-corrected chi connectivity index (χ0v) is 13.1. The highest BCUT2D eigenvalue weighted by Crippen LogP contribution is 2.18. The minimum atomic E-state index is 0.192. The summed E-state index contributed by atoms with van der Waals surface area (Å²) in [6.45, 7) is 7.39. The Bertz CT molecular complexity index is 425. The molecule has 4 heteroatoms. The van der Waals surface area contributed by atoms with Crippen LogP contribution in [0.25, 0.3) is 0 Å². The Morgan fingerprint density at radius 1 is 1.45 bits per heavy atom. The van der Waals surface area contributed by atoms with Crippen LogP contribution in [0.1, 0.15) is 25.8 Å². The fourth-order valence-corrected chi connectivity index (χ4v) is 3.11. The number of nitrogens with zero attached hydrogens (tertiary/aromatic N) is 1. The van der Waals surface area contributed by atoms with Crippen molar-refractivity contribution in [1.82, 2.24) is 10.2 Å². The van der Waals surface area contributed by atoms with Crippen LogP contribution in [0.4, 0.5) is 0 Å². The van der Waals surface area contributed by atoms with Crippen molar-refractivity contribution >= 4 is 11.6 Å². The normalized spacial score (nSPS) is 24.2. The van der Waals surface area contributed by atoms with Gasteiger partial charge in [-0.15, -0.1) is 0 Å². The molecule has 0 radical (unpaired) electrons. The lowest BCUT2D eigenvalue weighted by Gasteiger charge is -2.40. The van der Waals surface area contributed by atoms with E-state index in [0.717, 1.165) is 24.7 Å². The first-order valence-electron chi connectivity index (χ1n) is 7.41. The molecule has 20 heavy (non-hydrogen) atoms. The molecule has 3 nitrogen and oxygen atoms in total. The van der Waals surface area contributed by atoms with Gasteiger partial charge in [0.1, 0.15) is 0 Å². The van der Waals surface area contributed by atoms with Gasteiger partial charge in [-0.25, -0.2) is 0 Å². The van der Waals surface area contributed by atoms with Crippen LogP contribution < -0.4 is 5.32 Å². The zero-order chi connectivity index (χ0) is 14.5. The third-order valence-corrected chi connectivity index (χ3v) is 4.09. The summed E-state index contributed by atoms with van der Waals surface area (Å²) in [5, 5.41) is 13.9. The predicted octanol–water partition coefficient (Wildman–Crippen LogP) is 2.52. The van der Waals surface area contributed by atoms with Crippen molar-refractivity contribution in [3.63, 3.8) is 0 Å². The standard InChI is InChI=1S/C16H25ClN2O/c1-12(2)6-15-10-19(16(11-20)8-18-15)9-13-4-3-5-14(17)7-13/h3-5,7,12,15-16,18,20H,6,8-11H2,1-2H3/t15-,16+/m0/s1. The van der Waals surface area contributed by atoms with Crippen LogP contribution in [0, 0.1) is 5.92 Å². The molecule has 0 aliphatic carbocycles. The average molecular weight is 297 g/mol. The lowest BCUT2D eigenvalue weighted by molar-refractivity contribution is 0.0700. The molecule has 0 unspecified atom stereocenters. The molecule has 112 valence electrons. The van der Waals surface area contributed by atoms with Gasteiger partial charge in [0.2, 0.25) is 0 Å². The van der Waals surface area contributed by atoms with E-state index in [9.17, 15) is 5.11 Å². The van der Waals surface area contributed by atoms with E-state index >= 15 is 0 Å². The van der Waals surface area contributed by atoms with E-state index in [1.165, 1.54) is 12.0 Å². The highest BCUT2D eigenvalue weighted by molar-refractivity contribution is 6.30. The Morgan fingerprint density at radius 2 is 2.25 bits per heavy atom. The summed E-state index contributed by atoms with van der Waals surface area (Å²) in [6.07, 6.45) is 1.17. The van der Waals surface area contributed by atoms with Gasteiger partial charge in [-0.1, -0.05) is 37.6 Å². The predicted molar refractivity (Wildman–Crippen MR) is 84.0 cm³/mol. The number of hydrogen-bond donors (Lipinski definition) is 2. The van der Waals surface area contributed by atoms with E-state index in [-0.39, 0.29) is 12.6 Å². The van der Waals surface area contributed by atoms with Crippen LogP contribution in [-0.4, -0.2) is 41.8 Å². The molecule has 1 aliphatic heterocycles. The third-order valence-electron chi connectivity index (χ3n) is 3.85. The monoisotopic (exact) mass is 296 g/mol. The van der Waals surface area contributed by atoms with Crippen molar-refractivity contribution in [2.45, 2.75) is 38.9 Å². The first-order valence-corrected chi connectivity index (χ1v) is 7.79. The van der Waals surface area contributed by atoms with Gasteiger partial charge < -0.3 is 10.4 Å². The Morgan fingerprint density at radius 3 is 2.90 bits per heavy atom. The van der Waals surface area contributed by atoms with E-state index in [0.29, 0.717) is 12.0 Å². The summed E-state index contributed by atoms with van der Waals surface area (Å²) in [6, 6.07) is 8.69. The highest BCUT2D eigenvalue weighted by atomic mass is 35.5. The first-order chi connectivity index (χ1) is 9.58. The first kappa shape index (κ1) is 15.8. The number of piperazine rings is 1. The second-order valence-corrected chi connectivity index (χ2v) is 6.57. The van der Waals surface area contributed by atoms with Crippen molar-refractivity contribution in [3.8, 4) is 0 Å². The average Bonchev–Trinajstić information content (AvgIpc) is 2.38. The van der Waals surface area contributed by atoms with Crippen LogP contribution >= 0.6 is 11.6 Å². The number of halogens is 1. The summed E-state index contributed by atoms with van der Waals surface area (Å²) in [4.78, 5) is 2.37. The molecule has 1 fully saturated rings. The van der Waals surface area contributed by atoms with Crippen LogP contribution in [0.5, 0.6) is 0 Å². The maximum absolute atomic E-state index is 9.55. The molecule has 0 aromatic heterocycles. The second kappa shape index (κ2) is 7.41. The van der Waals surface area contributed by atoms with Gasteiger partial charge in [0.05, 0.1) is 6.61 Å². The van der Waals surface area contributed by atoms with Crippen LogP contribution in [0.3, 0.4) is 0 Å². The number of benzene rings is 1. The van der Waals surface area contributed by atoms with Crippen molar-refractivity contribution < 1.29 is 5.11 Å². The molecule has 2 atom stereocenters. The Labute approximate surface area is 126 Å². The molecular formula is C16H25ClN2O. The van der Waals surface area contributed by atoms with E-state index in [1.54, 1.807) is 0 Å². The van der Waals surface area contributed by atoms with Gasteiger partial charge in [0.15, 0.2) is 0 Å². The van der Waals surface area contributed by atoms with Gasteiger partial charge in [-0.3, -0.25) is 4.90 Å². The van der Waals surface area contributed by atoms with Crippen LogP contribution in [-0.2, 0) is 6.54 Å². The molecule has 1 aliphatic rings. The molecule has 0 bridgehead atoms. The second-order valence-electron chi connectivity index (χ2n) is 6.13. The van der Waals surface area contributed by atoms with E-state index in [1.807, 2.05) is 18.2 Å². The Hall–Kier alpha value is -0.610. The lowest BCUT2D eigenvalue weighted by Crippen LogP contribution is -2.57. The molecule has 1 aromatic rings. The molecule has 1 aromatic carbocycles. The van der Waals surface area contributed by atoms with Gasteiger partial charge in [-0.2, -0.15) is 0 Å². The molecular weight excluding hydrogens is 272 g/mol. The van der Waals surface area contributed by atoms with Crippen molar-refractivity contribution in [3.05, 3.63) is 34.9 Å². The maximum Gasteiger partial charge on any atom is 0.0599 e. The van der Waals surface area contributed by atoms with E-state index in [2.05, 4.69) is 30.1 Å². The number of aliphatic hydroxyl groups is 1. The summed E-state index contributed by atoms with van der Waals surface area (Å²) < 4.78 is 0. The summed E-state index contributed by atoms with van der Waals surface area (Å²) in [5.74, 6) is 0.686. The molecule has 0 saturated carbocycles. The maximum atomic E-state index is 9.55. The van der Waals surface area contributed by atoms with Crippen LogP contribution in [0.15, 0.2) is 24.3 Å². The van der Waals surface area contributed by atoms with Gasteiger partial charge in [0.25, 0.3) is 0 Å². The fourth-order valence-electron chi connectivity index (χ4n) is 2.90. The van der Waals surface area contributed by atoms with Gasteiger partial charge in [-0.05, 0) is 30.0 Å². The minimum Gasteiger partial charge on any atom is -0.395 e. The lowest BCUT2D eigenvalue weighted by atomic mass is 9.99. The summed E-state index contributed by atoms with van der Waals surface area (Å²) in [7, 11) is 0. The largest absolute Gasteiger partial charge is 0.395 e. The Kier molecular flexibility index (Phi) is 5.85. The number of hydrogen-bond acceptors (Lipinski definition) is 3. The van der Waals surface area contributed by atoms with Crippen molar-refractivity contribution in [1.29, 1.82) is 0 Å². The van der Waals surface area contributed by atoms with Crippen molar-refractivity contribution in [2.24, 2.45) is 5.92 Å². The molecule has 2 rings (SSSR count). The quantitative estimate of drug-likeness (QED) is 0.876. The Balaban J connectivity index is 2.01. The van der Waals surface area contributed by atoms with E-state index in [4.69, 9.17) is 11.6 Å². The highest BCUT2D eigenvalue weighted by Gasteiger charge is 2.27. The minimum absolute atomic E-state index is 0.192. The fraction of sp³-hybridized carbons (Fsp3) is 0.625. The third kappa shape index (κ3) is 4.45. The summed E-state index contributed by atoms with van der Waals surface area (Å²) >= 11 is 6.05. The SMILES string of the molecule is CC(C)C[C@H]1CN(Cc2cccc(Cl)c2)[C@@H](CO)CN1. The van der Waals surface area contributed by atoms with Crippen molar-refractivity contribution in [2.75, 3.05) is 19.7 Å². The zero-order valence-electron chi connectivity index (χ0n) is 12.3. The molecule has 0 spiro atoms. The molecule has 1 heterocycles. The number of rotatable bonds is 5. The van der Waals surface area contributed by atoms with Crippen LogP contribution in [0.2, 0.25) is 5.02 Å². The molecule has 2 N–H and O–H groups in total. The molecule has 1 saturated heterocycles. The van der Waals surface area contributed by atoms with Gasteiger partial charge >= 0.3 is 0 Å². The number of nitrogens with one attached hydrogen (secondary N) is 1.